The van der Waals surface area contributed by atoms with Gasteiger partial charge in [0.25, 0.3) is 0 Å². The van der Waals surface area contributed by atoms with Crippen LogP contribution in [-0.2, 0) is 0 Å². The Morgan fingerprint density at radius 1 is 0.656 bits per heavy atom. The van der Waals surface area contributed by atoms with Gasteiger partial charge in [0.1, 0.15) is 0 Å². The number of aliphatic hydroxyl groups excluding tert-OH is 1. The van der Waals surface area contributed by atoms with Crippen molar-refractivity contribution in [3.05, 3.63) is 11.6 Å². The van der Waals surface area contributed by atoms with E-state index in [-0.39, 0.29) is 11.5 Å². The molecule has 5 aliphatic carbocycles. The van der Waals surface area contributed by atoms with Gasteiger partial charge in [-0.05, 0) is 114 Å². The zero-order valence-corrected chi connectivity index (χ0v) is 22.8. The molecule has 32 heavy (non-hydrogen) atoms. The van der Waals surface area contributed by atoms with Crippen molar-refractivity contribution in [2.75, 3.05) is 0 Å². The second-order valence-electron chi connectivity index (χ2n) is 15.7. The quantitative estimate of drug-likeness (QED) is 0.374. The highest BCUT2D eigenvalue weighted by molar-refractivity contribution is 5.33. The van der Waals surface area contributed by atoms with E-state index in [2.05, 4.69) is 68.4 Å². The normalized spacial score (nSPS) is 56.2. The first-order chi connectivity index (χ1) is 14.6. The molecule has 1 heteroatoms. The van der Waals surface area contributed by atoms with Gasteiger partial charge in [-0.25, -0.2) is 0 Å². The highest BCUT2D eigenvalue weighted by atomic mass is 16.3. The summed E-state index contributed by atoms with van der Waals surface area (Å²) in [5, 5.41) is 11.0. The van der Waals surface area contributed by atoms with Gasteiger partial charge in [-0.2, -0.15) is 0 Å². The highest BCUT2D eigenvalue weighted by Crippen LogP contribution is 2.80. The average Bonchev–Trinajstić information content (AvgIpc) is 2.69. The third kappa shape index (κ3) is 2.56. The lowest BCUT2D eigenvalue weighted by atomic mass is 9.28. The molecular weight excluding hydrogens is 388 g/mol. The summed E-state index contributed by atoms with van der Waals surface area (Å²) in [4.78, 5) is 0. The van der Waals surface area contributed by atoms with Gasteiger partial charge in [-0.1, -0.05) is 74.0 Å². The lowest BCUT2D eigenvalue weighted by Crippen LogP contribution is -2.70. The van der Waals surface area contributed by atoms with Gasteiger partial charge in [0.15, 0.2) is 0 Å². The molecule has 0 amide bonds. The van der Waals surface area contributed by atoms with Gasteiger partial charge in [-0.15, -0.1) is 0 Å². The number of hydrogen-bond donors (Lipinski definition) is 1. The molecule has 4 fully saturated rings. The summed E-state index contributed by atoms with van der Waals surface area (Å²) >= 11 is 0. The van der Waals surface area contributed by atoms with Crippen LogP contribution in [0.2, 0.25) is 0 Å². The molecular formula is C31H52O. The summed E-state index contributed by atoms with van der Waals surface area (Å²) < 4.78 is 0. The minimum Gasteiger partial charge on any atom is -0.393 e. The zero-order valence-electron chi connectivity index (χ0n) is 22.8. The number of hydrogen-bond acceptors (Lipinski definition) is 1. The van der Waals surface area contributed by atoms with Crippen LogP contribution in [0, 0.1) is 49.7 Å². The van der Waals surface area contributed by atoms with Crippen LogP contribution in [-0.4, -0.2) is 11.2 Å². The van der Waals surface area contributed by atoms with Crippen LogP contribution in [0.15, 0.2) is 11.6 Å². The first-order valence-corrected chi connectivity index (χ1v) is 14.0. The van der Waals surface area contributed by atoms with E-state index >= 15 is 0 Å². The van der Waals surface area contributed by atoms with Crippen molar-refractivity contribution in [3.63, 3.8) is 0 Å². The molecule has 1 N–H and O–H groups in total. The summed E-state index contributed by atoms with van der Waals surface area (Å²) in [6, 6.07) is 0. The average molecular weight is 441 g/mol. The largest absolute Gasteiger partial charge is 0.393 e. The van der Waals surface area contributed by atoms with Crippen LogP contribution in [0.4, 0.5) is 0 Å². The molecule has 0 spiro atoms. The predicted molar refractivity (Wildman–Crippen MR) is 135 cm³/mol. The topological polar surface area (TPSA) is 20.2 Å². The maximum absolute atomic E-state index is 11.0. The highest BCUT2D eigenvalue weighted by Gasteiger charge is 2.73. The van der Waals surface area contributed by atoms with Gasteiger partial charge < -0.3 is 5.11 Å². The molecule has 5 rings (SSSR count). The van der Waals surface area contributed by atoms with E-state index in [1.165, 1.54) is 57.8 Å². The zero-order chi connectivity index (χ0) is 23.6. The molecule has 8 atom stereocenters. The van der Waals surface area contributed by atoms with Gasteiger partial charge in [0.2, 0.25) is 0 Å². The fraction of sp³-hybridized carbons (Fsp3) is 0.935. The number of aliphatic hydroxyl groups is 1. The Balaban J connectivity index is 1.61. The van der Waals surface area contributed by atoms with Crippen molar-refractivity contribution in [3.8, 4) is 0 Å². The molecule has 5 aliphatic rings. The van der Waals surface area contributed by atoms with E-state index in [1.54, 1.807) is 0 Å². The molecule has 0 saturated heterocycles. The molecule has 0 radical (unpaired) electrons. The lowest BCUT2D eigenvalue weighted by Gasteiger charge is -2.77. The maximum Gasteiger partial charge on any atom is 0.0594 e. The van der Waals surface area contributed by atoms with E-state index in [0.29, 0.717) is 38.4 Å². The number of allylic oxidation sites excluding steroid dienone is 2. The Labute approximate surface area is 199 Å². The Hall–Kier alpha value is -0.300. The van der Waals surface area contributed by atoms with Crippen molar-refractivity contribution in [1.82, 2.24) is 0 Å². The van der Waals surface area contributed by atoms with Gasteiger partial charge in [0, 0.05) is 0 Å². The van der Waals surface area contributed by atoms with Gasteiger partial charge in [0.05, 0.1) is 6.10 Å². The van der Waals surface area contributed by atoms with Gasteiger partial charge >= 0.3 is 0 Å². The summed E-state index contributed by atoms with van der Waals surface area (Å²) in [5.74, 6) is 1.40. The van der Waals surface area contributed by atoms with Crippen LogP contribution in [0.25, 0.3) is 0 Å². The standard InChI is InChI=1S/C31H52O/c1-25(2)16-17-27(5)18-19-28(6)21(22(27)20-25)10-14-31(9)29(7)13-12-24(32)26(3,4)23(29)11-15-30(28,31)8/h20-21,23-24,32H,10-19H2,1-9H3/t21-,23+,24+,27-,28-,29+,30+,31-/m1/s1. The minimum atomic E-state index is -0.134. The predicted octanol–water partition coefficient (Wildman–Crippen LogP) is 8.56. The smallest absolute Gasteiger partial charge is 0.0594 e. The molecule has 182 valence electrons. The van der Waals surface area contributed by atoms with E-state index in [1.807, 2.05) is 5.57 Å². The molecule has 0 aromatic rings. The number of fused-ring (bicyclic) bond motifs is 7. The maximum atomic E-state index is 11.0. The van der Waals surface area contributed by atoms with Crippen LogP contribution >= 0.6 is 0 Å². The summed E-state index contributed by atoms with van der Waals surface area (Å²) in [6.07, 6.45) is 15.8. The summed E-state index contributed by atoms with van der Waals surface area (Å²) in [6.45, 7) is 23.1. The third-order valence-corrected chi connectivity index (χ3v) is 14.0. The SMILES string of the molecule is CC1(C)C=C2[C@H]3CC[C@@]4(C)[C@@](C)(CC[C@H]5C(C)(C)[C@@H](O)CC[C@@]54C)[C@]3(C)CC[C@@]2(C)CC1. The fourth-order valence-corrected chi connectivity index (χ4v) is 11.0. The lowest BCUT2D eigenvalue weighted by molar-refractivity contribution is -0.276. The van der Waals surface area contributed by atoms with Gasteiger partial charge in [-0.3, -0.25) is 0 Å². The van der Waals surface area contributed by atoms with E-state index in [0.717, 1.165) is 12.3 Å². The molecule has 0 aromatic carbocycles. The summed E-state index contributed by atoms with van der Waals surface area (Å²) in [5.41, 5.74) is 4.16. The third-order valence-electron chi connectivity index (χ3n) is 14.0. The van der Waals surface area contributed by atoms with Crippen molar-refractivity contribution in [1.29, 1.82) is 0 Å². The second-order valence-corrected chi connectivity index (χ2v) is 15.7. The Morgan fingerprint density at radius 3 is 1.94 bits per heavy atom. The van der Waals surface area contributed by atoms with Crippen molar-refractivity contribution in [2.45, 2.75) is 133 Å². The van der Waals surface area contributed by atoms with Crippen LogP contribution < -0.4 is 0 Å². The number of rotatable bonds is 0. The monoisotopic (exact) mass is 440 g/mol. The summed E-state index contributed by atoms with van der Waals surface area (Å²) in [7, 11) is 0. The molecule has 0 aliphatic heterocycles. The fourth-order valence-electron chi connectivity index (χ4n) is 11.0. The molecule has 0 heterocycles. The minimum absolute atomic E-state index is 0.0378. The van der Waals surface area contributed by atoms with Crippen LogP contribution in [0.3, 0.4) is 0 Å². The molecule has 1 nitrogen and oxygen atoms in total. The van der Waals surface area contributed by atoms with Crippen LogP contribution in [0.5, 0.6) is 0 Å². The molecule has 0 aromatic heterocycles. The Kier molecular flexibility index (Phi) is 4.74. The second kappa shape index (κ2) is 6.47. The van der Waals surface area contributed by atoms with E-state index < -0.39 is 0 Å². The van der Waals surface area contributed by atoms with E-state index in [9.17, 15) is 5.11 Å². The molecule has 0 unspecified atom stereocenters. The molecule has 0 bridgehead atoms. The van der Waals surface area contributed by atoms with Crippen molar-refractivity contribution >= 4 is 0 Å². The molecule has 4 saturated carbocycles. The van der Waals surface area contributed by atoms with Crippen molar-refractivity contribution < 1.29 is 5.11 Å². The first kappa shape index (κ1) is 23.4. The van der Waals surface area contributed by atoms with Crippen LogP contribution in [0.1, 0.15) is 127 Å². The Bertz CT molecular complexity index is 835. The van der Waals surface area contributed by atoms with E-state index in [4.69, 9.17) is 0 Å². The Morgan fingerprint density at radius 2 is 1.25 bits per heavy atom. The first-order valence-electron chi connectivity index (χ1n) is 14.0. The van der Waals surface area contributed by atoms with Crippen molar-refractivity contribution in [2.24, 2.45) is 49.7 Å².